The molecule has 0 amide bonds. The fourth-order valence-electron chi connectivity index (χ4n) is 3.07. The lowest BCUT2D eigenvalue weighted by Gasteiger charge is -2.24. The van der Waals surface area contributed by atoms with Crippen molar-refractivity contribution < 1.29 is 14.4 Å². The summed E-state index contributed by atoms with van der Waals surface area (Å²) in [6, 6.07) is 6.61. The fourth-order valence-corrected chi connectivity index (χ4v) is 4.07. The number of hydrogen-bond acceptors (Lipinski definition) is 6. The molecule has 0 spiro atoms. The van der Waals surface area contributed by atoms with Crippen molar-refractivity contribution in [1.82, 2.24) is 14.9 Å². The van der Waals surface area contributed by atoms with Crippen molar-refractivity contribution in [1.29, 1.82) is 0 Å². The summed E-state index contributed by atoms with van der Waals surface area (Å²) in [4.78, 5) is 15.2. The smallest absolute Gasteiger partial charge is 0.390 e. The minimum Gasteiger partial charge on any atom is -0.390 e. The number of halogens is 1. The first-order chi connectivity index (χ1) is 13.7. The molecule has 1 saturated heterocycles. The van der Waals surface area contributed by atoms with Gasteiger partial charge in [0.15, 0.2) is 12.4 Å². The number of nitro groups is 1. The average molecular weight is 439 g/mol. The van der Waals surface area contributed by atoms with Gasteiger partial charge in [-0.2, -0.15) is 0 Å². The SMILES string of the molecule is C[Si](C)(C)CCOCn1cc(-c2cc(Cl)cc(C3COCCN3)c2)nc1[N+](=O)[O-]. The van der Waals surface area contributed by atoms with Gasteiger partial charge in [0.25, 0.3) is 0 Å². The Hall–Kier alpha value is -1.78. The molecule has 2 aromatic rings. The second-order valence-corrected chi connectivity index (χ2v) is 14.4. The van der Waals surface area contributed by atoms with Gasteiger partial charge in [0, 0.05) is 31.8 Å². The van der Waals surface area contributed by atoms with E-state index in [2.05, 4.69) is 29.9 Å². The zero-order valence-electron chi connectivity index (χ0n) is 17.0. The van der Waals surface area contributed by atoms with Gasteiger partial charge in [-0.1, -0.05) is 36.2 Å². The van der Waals surface area contributed by atoms with E-state index in [-0.39, 0.29) is 18.7 Å². The van der Waals surface area contributed by atoms with E-state index in [1.54, 1.807) is 12.3 Å². The van der Waals surface area contributed by atoms with Crippen molar-refractivity contribution in [2.75, 3.05) is 26.4 Å². The van der Waals surface area contributed by atoms with E-state index < -0.39 is 13.0 Å². The molecule has 1 atom stereocenters. The molecule has 158 valence electrons. The van der Waals surface area contributed by atoms with E-state index in [1.165, 1.54) is 4.57 Å². The van der Waals surface area contributed by atoms with E-state index in [9.17, 15) is 10.1 Å². The standard InChI is InChI=1S/C19H27ClN4O4Si/c1-29(2,3)7-6-28-13-23-11-17(22-19(23)24(25)26)14-8-15(10-16(20)9-14)18-12-27-5-4-21-18/h8-11,18,21H,4-7,12-13H2,1-3H3. The Morgan fingerprint density at radius 1 is 1.41 bits per heavy atom. The van der Waals surface area contributed by atoms with Crippen molar-refractivity contribution in [2.24, 2.45) is 0 Å². The number of benzene rings is 1. The molecule has 1 aromatic heterocycles. The van der Waals surface area contributed by atoms with Crippen molar-refractivity contribution in [3.8, 4) is 11.3 Å². The van der Waals surface area contributed by atoms with Gasteiger partial charge in [-0.25, -0.2) is 4.57 Å². The van der Waals surface area contributed by atoms with Crippen LogP contribution in [0.2, 0.25) is 30.7 Å². The summed E-state index contributed by atoms with van der Waals surface area (Å²) in [5.74, 6) is -0.242. The Morgan fingerprint density at radius 2 is 2.21 bits per heavy atom. The van der Waals surface area contributed by atoms with Crippen LogP contribution in [-0.2, 0) is 16.2 Å². The molecule has 1 fully saturated rings. The van der Waals surface area contributed by atoms with Crippen molar-refractivity contribution in [3.05, 3.63) is 45.1 Å². The first kappa shape index (κ1) is 21.9. The number of aromatic nitrogens is 2. The summed E-state index contributed by atoms with van der Waals surface area (Å²) in [5, 5.41) is 15.4. The van der Waals surface area contributed by atoms with Crippen LogP contribution in [0, 0.1) is 10.1 Å². The molecule has 0 aliphatic carbocycles. The third-order valence-corrected chi connectivity index (χ3v) is 6.61. The first-order valence-electron chi connectivity index (χ1n) is 9.64. The zero-order valence-corrected chi connectivity index (χ0v) is 18.7. The summed E-state index contributed by atoms with van der Waals surface area (Å²) in [6.45, 7) is 9.46. The molecular formula is C19H27ClN4O4Si. The van der Waals surface area contributed by atoms with Crippen LogP contribution in [-0.4, -0.2) is 48.9 Å². The summed E-state index contributed by atoms with van der Waals surface area (Å²) < 4.78 is 12.6. The Labute approximate surface area is 176 Å². The molecule has 10 heteroatoms. The maximum absolute atomic E-state index is 11.5. The molecule has 3 rings (SSSR count). The number of rotatable bonds is 8. The molecule has 1 aliphatic heterocycles. The third-order valence-electron chi connectivity index (χ3n) is 4.69. The normalized spacial score (nSPS) is 17.4. The number of imidazole rings is 1. The van der Waals surface area contributed by atoms with Crippen LogP contribution in [0.15, 0.2) is 24.4 Å². The van der Waals surface area contributed by atoms with Gasteiger partial charge < -0.3 is 24.9 Å². The van der Waals surface area contributed by atoms with Gasteiger partial charge in [0.05, 0.1) is 19.3 Å². The van der Waals surface area contributed by atoms with E-state index in [4.69, 9.17) is 21.1 Å². The molecular weight excluding hydrogens is 412 g/mol. The summed E-state index contributed by atoms with van der Waals surface area (Å²) in [6.07, 6.45) is 1.65. The van der Waals surface area contributed by atoms with Crippen molar-refractivity contribution in [2.45, 2.75) is 38.5 Å². The van der Waals surface area contributed by atoms with E-state index >= 15 is 0 Å². The molecule has 0 radical (unpaired) electrons. The number of ether oxygens (including phenoxy) is 2. The van der Waals surface area contributed by atoms with Crippen LogP contribution >= 0.6 is 11.6 Å². The number of nitrogens with one attached hydrogen (secondary N) is 1. The Bertz CT molecular complexity index is 862. The summed E-state index contributed by atoms with van der Waals surface area (Å²) in [5.41, 5.74) is 2.19. The molecule has 1 aliphatic rings. The van der Waals surface area contributed by atoms with Crippen LogP contribution in [0.3, 0.4) is 0 Å². The highest BCUT2D eigenvalue weighted by Gasteiger charge is 2.23. The fraction of sp³-hybridized carbons (Fsp3) is 0.526. The van der Waals surface area contributed by atoms with Crippen LogP contribution < -0.4 is 5.32 Å². The van der Waals surface area contributed by atoms with Crippen LogP contribution in [0.4, 0.5) is 5.95 Å². The van der Waals surface area contributed by atoms with Crippen molar-refractivity contribution >= 4 is 25.6 Å². The first-order valence-corrected chi connectivity index (χ1v) is 13.7. The molecule has 0 bridgehead atoms. The van der Waals surface area contributed by atoms with E-state index in [0.717, 1.165) is 23.7 Å². The molecule has 1 unspecified atom stereocenters. The van der Waals surface area contributed by atoms with E-state index in [0.29, 0.717) is 30.5 Å². The highest BCUT2D eigenvalue weighted by molar-refractivity contribution is 6.76. The highest BCUT2D eigenvalue weighted by atomic mass is 35.5. The van der Waals surface area contributed by atoms with Gasteiger partial charge in [-0.15, -0.1) is 0 Å². The Balaban J connectivity index is 1.81. The Kier molecular flexibility index (Phi) is 7.07. The minimum atomic E-state index is -1.22. The van der Waals surface area contributed by atoms with E-state index in [1.807, 2.05) is 12.1 Å². The maximum atomic E-state index is 11.5. The van der Waals surface area contributed by atoms with Gasteiger partial charge in [-0.05, 0) is 34.7 Å². The van der Waals surface area contributed by atoms with Crippen molar-refractivity contribution in [3.63, 3.8) is 0 Å². The Morgan fingerprint density at radius 3 is 2.86 bits per heavy atom. The highest BCUT2D eigenvalue weighted by Crippen LogP contribution is 2.29. The average Bonchev–Trinajstić information content (AvgIpc) is 3.09. The predicted molar refractivity (Wildman–Crippen MR) is 115 cm³/mol. The molecule has 29 heavy (non-hydrogen) atoms. The maximum Gasteiger partial charge on any atom is 0.437 e. The molecule has 2 heterocycles. The molecule has 8 nitrogen and oxygen atoms in total. The number of morpholine rings is 1. The summed E-state index contributed by atoms with van der Waals surface area (Å²) in [7, 11) is -1.22. The second-order valence-electron chi connectivity index (χ2n) is 8.36. The molecule has 1 aromatic carbocycles. The lowest BCUT2D eigenvalue weighted by Crippen LogP contribution is -2.34. The molecule has 0 saturated carbocycles. The van der Waals surface area contributed by atoms with Crippen LogP contribution in [0.5, 0.6) is 0 Å². The van der Waals surface area contributed by atoms with Gasteiger partial charge in [0.1, 0.15) is 6.20 Å². The van der Waals surface area contributed by atoms with Gasteiger partial charge >= 0.3 is 5.95 Å². The number of hydrogen-bond donors (Lipinski definition) is 1. The monoisotopic (exact) mass is 438 g/mol. The quantitative estimate of drug-likeness (QED) is 0.289. The predicted octanol–water partition coefficient (Wildman–Crippen LogP) is 4.08. The van der Waals surface area contributed by atoms with Gasteiger partial charge in [0.2, 0.25) is 0 Å². The second kappa shape index (κ2) is 9.35. The third kappa shape index (κ3) is 6.10. The van der Waals surface area contributed by atoms with Crippen LogP contribution in [0.1, 0.15) is 11.6 Å². The zero-order chi connectivity index (χ0) is 21.0. The lowest BCUT2D eigenvalue weighted by atomic mass is 10.0. The van der Waals surface area contributed by atoms with Gasteiger partial charge in [-0.3, -0.25) is 0 Å². The number of nitrogens with zero attached hydrogens (tertiary/aromatic N) is 3. The largest absolute Gasteiger partial charge is 0.437 e. The lowest BCUT2D eigenvalue weighted by molar-refractivity contribution is -0.397. The van der Waals surface area contributed by atoms with Crippen LogP contribution in [0.25, 0.3) is 11.3 Å². The minimum absolute atomic E-state index is 0.0307. The molecule has 1 N–H and O–H groups in total. The summed E-state index contributed by atoms with van der Waals surface area (Å²) >= 11 is 6.32. The topological polar surface area (TPSA) is 91.5 Å².